The van der Waals surface area contributed by atoms with Gasteiger partial charge >= 0.3 is 0 Å². The molecule has 0 aliphatic carbocycles. The van der Waals surface area contributed by atoms with Crippen molar-refractivity contribution in [3.05, 3.63) is 38.3 Å². The monoisotopic (exact) mass is 375 g/mol. The Hall–Kier alpha value is -0.400. The summed E-state index contributed by atoms with van der Waals surface area (Å²) < 4.78 is 1.80. The van der Waals surface area contributed by atoms with E-state index < -0.39 is 0 Å². The van der Waals surface area contributed by atoms with Gasteiger partial charge in [0.05, 0.1) is 4.91 Å². The van der Waals surface area contributed by atoms with Crippen LogP contribution < -0.4 is 0 Å². The molecule has 0 saturated carbocycles. The molecule has 1 saturated heterocycles. The first-order chi connectivity index (χ1) is 8.11. The van der Waals surface area contributed by atoms with Crippen molar-refractivity contribution >= 4 is 62.9 Å². The molecule has 0 N–H and O–H groups in total. The van der Waals surface area contributed by atoms with Crippen LogP contribution in [0, 0.1) is 3.57 Å². The van der Waals surface area contributed by atoms with Crippen molar-refractivity contribution in [3.63, 3.8) is 0 Å². The van der Waals surface area contributed by atoms with E-state index in [2.05, 4.69) is 22.6 Å². The summed E-state index contributed by atoms with van der Waals surface area (Å²) >= 11 is 8.79. The van der Waals surface area contributed by atoms with Crippen molar-refractivity contribution in [3.8, 4) is 0 Å². The zero-order chi connectivity index (χ0) is 12.4. The predicted molar refractivity (Wildman–Crippen MR) is 84.7 cm³/mol. The number of thioether (sulfide) groups is 1. The minimum absolute atomic E-state index is 0.0151. The molecule has 1 aliphatic rings. The quantitative estimate of drug-likeness (QED) is 0.448. The van der Waals surface area contributed by atoms with Crippen LogP contribution in [-0.4, -0.2) is 21.7 Å². The molecular weight excluding hydrogens is 365 g/mol. The molecule has 0 unspecified atom stereocenters. The molecule has 0 bridgehead atoms. The maximum Gasteiger partial charge on any atom is 0.266 e. The van der Waals surface area contributed by atoms with Crippen molar-refractivity contribution < 1.29 is 4.79 Å². The fraction of sp³-hybridized carbons (Fsp3) is 0.167. The molecule has 5 heteroatoms. The van der Waals surface area contributed by atoms with Crippen LogP contribution in [0.15, 0.2) is 29.2 Å². The Morgan fingerprint density at radius 3 is 2.88 bits per heavy atom. The number of benzene rings is 1. The lowest BCUT2D eigenvalue weighted by molar-refractivity contribution is -0.121. The van der Waals surface area contributed by atoms with Crippen molar-refractivity contribution in [1.29, 1.82) is 0 Å². The van der Waals surface area contributed by atoms with Crippen molar-refractivity contribution in [1.82, 2.24) is 4.90 Å². The predicted octanol–water partition coefficient (Wildman–Crippen LogP) is 3.51. The molecule has 1 aromatic rings. The molecule has 0 spiro atoms. The lowest BCUT2D eigenvalue weighted by Gasteiger charge is -2.09. The fourth-order valence-corrected chi connectivity index (χ4v) is 3.47. The van der Waals surface area contributed by atoms with Crippen LogP contribution in [0.5, 0.6) is 0 Å². The smallest absolute Gasteiger partial charge is 0.266 e. The topological polar surface area (TPSA) is 20.3 Å². The Labute approximate surface area is 124 Å². The van der Waals surface area contributed by atoms with Crippen LogP contribution in [0.4, 0.5) is 0 Å². The van der Waals surface area contributed by atoms with Gasteiger partial charge in [-0.05, 0) is 53.3 Å². The van der Waals surface area contributed by atoms with Gasteiger partial charge in [-0.25, -0.2) is 0 Å². The summed E-state index contributed by atoms with van der Waals surface area (Å²) in [5, 5.41) is 0. The molecule has 0 radical (unpaired) electrons. The molecule has 0 atom stereocenters. The van der Waals surface area contributed by atoms with Gasteiger partial charge in [0, 0.05) is 10.1 Å². The summed E-state index contributed by atoms with van der Waals surface area (Å²) in [6, 6.07) is 8.03. The summed E-state index contributed by atoms with van der Waals surface area (Å²) in [6.45, 7) is 2.56. The molecule has 1 amide bonds. The van der Waals surface area contributed by atoms with Gasteiger partial charge in [0.1, 0.15) is 4.32 Å². The molecule has 17 heavy (non-hydrogen) atoms. The van der Waals surface area contributed by atoms with Crippen LogP contribution >= 0.6 is 46.6 Å². The van der Waals surface area contributed by atoms with E-state index in [-0.39, 0.29) is 5.91 Å². The van der Waals surface area contributed by atoms with Crippen LogP contribution in [0.25, 0.3) is 6.08 Å². The van der Waals surface area contributed by atoms with Crippen LogP contribution in [0.1, 0.15) is 12.5 Å². The van der Waals surface area contributed by atoms with Gasteiger partial charge in [-0.2, -0.15) is 0 Å². The summed E-state index contributed by atoms with van der Waals surface area (Å²) in [5.41, 5.74) is 1.04. The van der Waals surface area contributed by atoms with Crippen LogP contribution in [0.3, 0.4) is 0 Å². The average molecular weight is 375 g/mol. The maximum atomic E-state index is 12.0. The van der Waals surface area contributed by atoms with E-state index in [1.807, 2.05) is 37.3 Å². The van der Waals surface area contributed by atoms with E-state index in [1.54, 1.807) is 4.90 Å². The molecular formula is C12H10INOS2. The summed E-state index contributed by atoms with van der Waals surface area (Å²) in [4.78, 5) is 14.3. The highest BCUT2D eigenvalue weighted by atomic mass is 127. The first-order valence-electron chi connectivity index (χ1n) is 5.12. The SMILES string of the molecule is CCN1C(=O)/C(=C/c2cccc(I)c2)SC1=S. The van der Waals surface area contributed by atoms with E-state index >= 15 is 0 Å². The number of nitrogens with zero attached hydrogens (tertiary/aromatic N) is 1. The number of likely N-dealkylation sites (N-methyl/N-ethyl adjacent to an activating group) is 1. The highest BCUT2D eigenvalue weighted by Gasteiger charge is 2.30. The number of amides is 1. The number of rotatable bonds is 2. The first-order valence-corrected chi connectivity index (χ1v) is 7.43. The zero-order valence-electron chi connectivity index (χ0n) is 9.14. The van der Waals surface area contributed by atoms with Crippen molar-refractivity contribution in [2.45, 2.75) is 6.92 Å². The average Bonchev–Trinajstić information content (AvgIpc) is 2.54. The molecule has 0 aromatic heterocycles. The van der Waals surface area contributed by atoms with E-state index in [4.69, 9.17) is 12.2 Å². The van der Waals surface area contributed by atoms with Gasteiger partial charge in [0.25, 0.3) is 5.91 Å². The van der Waals surface area contributed by atoms with Gasteiger partial charge in [0.2, 0.25) is 0 Å². The Kier molecular flexibility index (Phi) is 4.22. The summed E-state index contributed by atoms with van der Waals surface area (Å²) in [5.74, 6) is 0.0151. The van der Waals surface area contributed by atoms with E-state index in [1.165, 1.54) is 11.8 Å². The van der Waals surface area contributed by atoms with Gasteiger partial charge in [-0.3, -0.25) is 9.69 Å². The van der Waals surface area contributed by atoms with E-state index in [0.717, 1.165) is 9.13 Å². The first kappa shape index (κ1) is 13.0. The van der Waals surface area contributed by atoms with Gasteiger partial charge in [-0.1, -0.05) is 36.1 Å². The van der Waals surface area contributed by atoms with Gasteiger partial charge in [-0.15, -0.1) is 0 Å². The van der Waals surface area contributed by atoms with Gasteiger partial charge in [0.15, 0.2) is 0 Å². The second-order valence-corrected chi connectivity index (χ2v) is 6.40. The van der Waals surface area contributed by atoms with Crippen molar-refractivity contribution in [2.24, 2.45) is 0 Å². The molecule has 2 rings (SSSR count). The van der Waals surface area contributed by atoms with E-state index in [9.17, 15) is 4.79 Å². The minimum Gasteiger partial charge on any atom is -0.293 e. The zero-order valence-corrected chi connectivity index (χ0v) is 12.9. The highest BCUT2D eigenvalue weighted by molar-refractivity contribution is 14.1. The number of thiocarbonyl (C=S) groups is 1. The Bertz CT molecular complexity index is 513. The van der Waals surface area contributed by atoms with Gasteiger partial charge < -0.3 is 0 Å². The molecule has 88 valence electrons. The minimum atomic E-state index is 0.0151. The Morgan fingerprint density at radius 2 is 2.29 bits per heavy atom. The molecule has 1 fully saturated rings. The number of hydrogen-bond acceptors (Lipinski definition) is 3. The molecule has 1 aliphatic heterocycles. The standard InChI is InChI=1S/C12H10INOS2/c1-2-14-11(15)10(17-12(14)16)7-8-4-3-5-9(13)6-8/h3-7H,2H2,1H3/b10-7-. The normalized spacial score (nSPS) is 18.2. The second-order valence-electron chi connectivity index (χ2n) is 3.48. The second kappa shape index (κ2) is 5.49. The third kappa shape index (κ3) is 2.89. The third-order valence-corrected chi connectivity index (χ3v) is 4.39. The summed E-state index contributed by atoms with van der Waals surface area (Å²) in [6.07, 6.45) is 1.90. The Morgan fingerprint density at radius 1 is 1.53 bits per heavy atom. The lowest BCUT2D eigenvalue weighted by atomic mass is 10.2. The Balaban J connectivity index is 2.30. The number of carbonyl (C=O) groups excluding carboxylic acids is 1. The third-order valence-electron chi connectivity index (χ3n) is 2.34. The van der Waals surface area contributed by atoms with Crippen LogP contribution in [0.2, 0.25) is 0 Å². The number of carbonyl (C=O) groups is 1. The lowest BCUT2D eigenvalue weighted by Crippen LogP contribution is -2.27. The number of hydrogen-bond donors (Lipinski definition) is 0. The largest absolute Gasteiger partial charge is 0.293 e. The summed E-state index contributed by atoms with van der Waals surface area (Å²) in [7, 11) is 0. The van der Waals surface area contributed by atoms with Crippen molar-refractivity contribution in [2.75, 3.05) is 6.54 Å². The highest BCUT2D eigenvalue weighted by Crippen LogP contribution is 2.32. The van der Waals surface area contributed by atoms with E-state index in [0.29, 0.717) is 15.8 Å². The molecule has 2 nitrogen and oxygen atoms in total. The molecule has 1 aromatic carbocycles. The molecule has 1 heterocycles. The number of halogens is 1. The fourth-order valence-electron chi connectivity index (χ4n) is 1.52. The van der Waals surface area contributed by atoms with Crippen LogP contribution in [-0.2, 0) is 4.79 Å². The maximum absolute atomic E-state index is 12.0.